The Morgan fingerprint density at radius 2 is 2.24 bits per heavy atom. The Morgan fingerprint density at radius 1 is 1.52 bits per heavy atom. The van der Waals surface area contributed by atoms with Crippen LogP contribution in [0.15, 0.2) is 18.2 Å². The normalized spacial score (nSPS) is 15.8. The highest BCUT2D eigenvalue weighted by Gasteiger charge is 2.28. The van der Waals surface area contributed by atoms with E-state index in [1.54, 1.807) is 11.8 Å². The summed E-state index contributed by atoms with van der Waals surface area (Å²) in [7, 11) is 0. The third kappa shape index (κ3) is 3.89. The summed E-state index contributed by atoms with van der Waals surface area (Å²) in [5, 5.41) is 13.2. The maximum Gasteiger partial charge on any atom is 0.321 e. The van der Waals surface area contributed by atoms with Gasteiger partial charge in [-0.05, 0) is 42.9 Å². The van der Waals surface area contributed by atoms with Crippen molar-refractivity contribution in [3.8, 4) is 0 Å². The minimum absolute atomic E-state index is 0.102. The molecule has 116 valence electrons. The van der Waals surface area contributed by atoms with Crippen molar-refractivity contribution in [2.45, 2.75) is 39.7 Å². The van der Waals surface area contributed by atoms with Crippen molar-refractivity contribution in [1.82, 2.24) is 5.32 Å². The lowest BCUT2D eigenvalue weighted by molar-refractivity contribution is 0.129. The molecule has 0 aliphatic carbocycles. The molecule has 5 heteroatoms. The molecule has 1 heterocycles. The van der Waals surface area contributed by atoms with Crippen LogP contribution in [-0.2, 0) is 6.42 Å². The number of carbonyl (C=O) groups excluding carboxylic acids is 1. The molecular formula is C16H23ClN2O2. The molecule has 0 fully saturated rings. The van der Waals surface area contributed by atoms with Crippen LogP contribution >= 0.6 is 11.6 Å². The van der Waals surface area contributed by atoms with E-state index in [0.29, 0.717) is 19.5 Å². The fraction of sp³-hybridized carbons (Fsp3) is 0.562. The monoisotopic (exact) mass is 310 g/mol. The smallest absolute Gasteiger partial charge is 0.321 e. The number of urea groups is 1. The number of carbonyl (C=O) groups is 1. The van der Waals surface area contributed by atoms with Gasteiger partial charge in [0.2, 0.25) is 0 Å². The number of amides is 2. The summed E-state index contributed by atoms with van der Waals surface area (Å²) < 4.78 is 0. The Labute approximate surface area is 131 Å². The van der Waals surface area contributed by atoms with Crippen LogP contribution in [-0.4, -0.2) is 30.3 Å². The fourth-order valence-corrected chi connectivity index (χ4v) is 3.15. The summed E-state index contributed by atoms with van der Waals surface area (Å²) in [6.07, 6.45) is 1.07. The first-order valence-electron chi connectivity index (χ1n) is 7.31. The number of aliphatic hydroxyl groups excluding tert-OH is 1. The van der Waals surface area contributed by atoms with Gasteiger partial charge in [0, 0.05) is 18.1 Å². The van der Waals surface area contributed by atoms with Crippen molar-refractivity contribution in [2.75, 3.05) is 18.0 Å². The van der Waals surface area contributed by atoms with Crippen LogP contribution < -0.4 is 10.2 Å². The second-order valence-electron chi connectivity index (χ2n) is 6.52. The first-order chi connectivity index (χ1) is 9.80. The molecule has 1 aromatic carbocycles. The summed E-state index contributed by atoms with van der Waals surface area (Å²) >= 11 is 6.16. The van der Waals surface area contributed by atoms with Gasteiger partial charge in [0.05, 0.1) is 11.8 Å². The first-order valence-corrected chi connectivity index (χ1v) is 7.69. The van der Waals surface area contributed by atoms with Gasteiger partial charge >= 0.3 is 6.03 Å². The van der Waals surface area contributed by atoms with E-state index in [4.69, 9.17) is 11.6 Å². The standard InChI is InChI=1S/C16H23ClN2O2/c1-11(20)9-16(2,3)10-18-15(21)19-8-7-12-13(17)5-4-6-14(12)19/h4-6,11,20H,7-10H2,1-3H3,(H,18,21). The summed E-state index contributed by atoms with van der Waals surface area (Å²) in [4.78, 5) is 14.1. The summed E-state index contributed by atoms with van der Waals surface area (Å²) in [6.45, 7) is 7.02. The van der Waals surface area contributed by atoms with Gasteiger partial charge in [-0.1, -0.05) is 31.5 Å². The maximum absolute atomic E-state index is 12.4. The number of nitrogens with one attached hydrogen (secondary N) is 1. The highest BCUT2D eigenvalue weighted by molar-refractivity contribution is 6.32. The Morgan fingerprint density at radius 3 is 2.90 bits per heavy atom. The van der Waals surface area contributed by atoms with Gasteiger partial charge in [0.1, 0.15) is 0 Å². The second-order valence-corrected chi connectivity index (χ2v) is 6.92. The largest absolute Gasteiger partial charge is 0.393 e. The van der Waals surface area contributed by atoms with Gasteiger partial charge in [0.25, 0.3) is 0 Å². The Balaban J connectivity index is 1.99. The van der Waals surface area contributed by atoms with E-state index in [1.165, 1.54) is 0 Å². The molecule has 0 saturated heterocycles. The van der Waals surface area contributed by atoms with Crippen molar-refractivity contribution in [3.05, 3.63) is 28.8 Å². The molecule has 0 radical (unpaired) electrons. The Hall–Kier alpha value is -1.26. The number of rotatable bonds is 4. The molecule has 1 aliphatic rings. The number of anilines is 1. The summed E-state index contributed by atoms with van der Waals surface area (Å²) in [5.74, 6) is 0. The van der Waals surface area contributed by atoms with Gasteiger partial charge in [-0.15, -0.1) is 0 Å². The number of aliphatic hydroxyl groups is 1. The average molecular weight is 311 g/mol. The highest BCUT2D eigenvalue weighted by atomic mass is 35.5. The third-order valence-corrected chi connectivity index (χ3v) is 4.14. The number of hydrogen-bond acceptors (Lipinski definition) is 2. The van der Waals surface area contributed by atoms with Gasteiger partial charge in [-0.2, -0.15) is 0 Å². The van der Waals surface area contributed by atoms with E-state index in [9.17, 15) is 9.90 Å². The molecule has 0 aromatic heterocycles. The predicted molar refractivity (Wildman–Crippen MR) is 86.0 cm³/mol. The van der Waals surface area contributed by atoms with Crippen LogP contribution in [0.5, 0.6) is 0 Å². The molecule has 1 atom stereocenters. The van der Waals surface area contributed by atoms with Gasteiger partial charge in [0.15, 0.2) is 0 Å². The van der Waals surface area contributed by atoms with E-state index < -0.39 is 0 Å². The number of halogens is 1. The summed E-state index contributed by atoms with van der Waals surface area (Å²) in [6, 6.07) is 5.54. The lowest BCUT2D eigenvalue weighted by Crippen LogP contribution is -2.43. The Bertz CT molecular complexity index is 529. The van der Waals surface area contributed by atoms with Crippen LogP contribution in [0, 0.1) is 5.41 Å². The molecule has 2 rings (SSSR count). The van der Waals surface area contributed by atoms with E-state index in [1.807, 2.05) is 32.0 Å². The number of benzene rings is 1. The minimum Gasteiger partial charge on any atom is -0.393 e. The molecule has 1 aromatic rings. The molecule has 2 N–H and O–H groups in total. The zero-order chi connectivity index (χ0) is 15.6. The molecule has 0 saturated carbocycles. The molecule has 1 unspecified atom stereocenters. The predicted octanol–water partition coefficient (Wildman–Crippen LogP) is 3.21. The molecule has 0 spiro atoms. The Kier molecular flexibility index (Phi) is 4.79. The fourth-order valence-electron chi connectivity index (χ4n) is 2.88. The molecule has 1 aliphatic heterocycles. The second kappa shape index (κ2) is 6.24. The third-order valence-electron chi connectivity index (χ3n) is 3.78. The molecular weight excluding hydrogens is 288 g/mol. The number of nitrogens with zero attached hydrogens (tertiary/aromatic N) is 1. The van der Waals surface area contributed by atoms with E-state index in [-0.39, 0.29) is 17.6 Å². The van der Waals surface area contributed by atoms with Crippen molar-refractivity contribution in [2.24, 2.45) is 5.41 Å². The van der Waals surface area contributed by atoms with Crippen LogP contribution in [0.1, 0.15) is 32.8 Å². The zero-order valence-corrected chi connectivity index (χ0v) is 13.6. The van der Waals surface area contributed by atoms with Crippen molar-refractivity contribution >= 4 is 23.3 Å². The lowest BCUT2D eigenvalue weighted by atomic mass is 9.87. The molecule has 21 heavy (non-hydrogen) atoms. The number of hydrogen-bond donors (Lipinski definition) is 2. The van der Waals surface area contributed by atoms with Gasteiger partial charge in [-0.25, -0.2) is 4.79 Å². The van der Waals surface area contributed by atoms with E-state index >= 15 is 0 Å². The van der Waals surface area contributed by atoms with Gasteiger partial charge < -0.3 is 10.4 Å². The molecule has 0 bridgehead atoms. The minimum atomic E-state index is -0.372. The van der Waals surface area contributed by atoms with Crippen LogP contribution in [0.3, 0.4) is 0 Å². The first kappa shape index (κ1) is 16.1. The molecule has 2 amide bonds. The van der Waals surface area contributed by atoms with E-state index in [0.717, 1.165) is 22.7 Å². The topological polar surface area (TPSA) is 52.6 Å². The van der Waals surface area contributed by atoms with Crippen LogP contribution in [0.25, 0.3) is 0 Å². The highest BCUT2D eigenvalue weighted by Crippen LogP contribution is 2.33. The maximum atomic E-state index is 12.4. The summed E-state index contributed by atoms with van der Waals surface area (Å²) in [5.41, 5.74) is 1.80. The lowest BCUT2D eigenvalue weighted by Gasteiger charge is -2.28. The van der Waals surface area contributed by atoms with Crippen LogP contribution in [0.2, 0.25) is 5.02 Å². The quantitative estimate of drug-likeness (QED) is 0.897. The average Bonchev–Trinajstić information content (AvgIpc) is 2.80. The van der Waals surface area contributed by atoms with Crippen molar-refractivity contribution < 1.29 is 9.90 Å². The SMILES string of the molecule is CC(O)CC(C)(C)CNC(=O)N1CCc2c(Cl)cccc21. The molecule has 4 nitrogen and oxygen atoms in total. The van der Waals surface area contributed by atoms with Crippen molar-refractivity contribution in [3.63, 3.8) is 0 Å². The van der Waals surface area contributed by atoms with Gasteiger partial charge in [-0.3, -0.25) is 4.90 Å². The number of fused-ring (bicyclic) bond motifs is 1. The van der Waals surface area contributed by atoms with Crippen molar-refractivity contribution in [1.29, 1.82) is 0 Å². The zero-order valence-electron chi connectivity index (χ0n) is 12.8. The van der Waals surface area contributed by atoms with E-state index in [2.05, 4.69) is 5.32 Å². The van der Waals surface area contributed by atoms with Crippen LogP contribution in [0.4, 0.5) is 10.5 Å².